The number of aromatic nitrogens is 2. The van der Waals surface area contributed by atoms with Gasteiger partial charge in [0.05, 0.1) is 0 Å². The number of guanidine groups is 1. The highest BCUT2D eigenvalue weighted by atomic mass is 127. The first-order valence-electron chi connectivity index (χ1n) is 10.0. The second-order valence-corrected chi connectivity index (χ2v) is 7.22. The lowest BCUT2D eigenvalue weighted by atomic mass is 10.2. The third-order valence-corrected chi connectivity index (χ3v) is 4.99. The van der Waals surface area contributed by atoms with Crippen molar-refractivity contribution in [2.24, 2.45) is 4.99 Å². The number of nitrogens with one attached hydrogen (secondary N) is 2. The molecular weight excluding hydrogens is 463 g/mol. The van der Waals surface area contributed by atoms with Gasteiger partial charge in [-0.05, 0) is 38.3 Å². The molecule has 0 aliphatic carbocycles. The standard InChI is InChI=1S/C21H32N6.HI/c1-3-22-21(23-11-7-13-27-14-8-12-24-27)25-20-15-18(2)26(17-20)16-19-9-5-4-6-10-19;/h4-6,8-10,12,14,18,20H,3,7,11,13,15-17H2,1-2H3,(H2,22,23,25);1H. The quantitative estimate of drug-likeness (QED) is 0.255. The van der Waals surface area contributed by atoms with Gasteiger partial charge in [0.15, 0.2) is 5.96 Å². The number of nitrogens with zero attached hydrogens (tertiary/aromatic N) is 4. The molecule has 0 spiro atoms. The largest absolute Gasteiger partial charge is 0.357 e. The molecule has 1 saturated heterocycles. The Morgan fingerprint density at radius 3 is 2.79 bits per heavy atom. The topological polar surface area (TPSA) is 57.5 Å². The van der Waals surface area contributed by atoms with Crippen molar-refractivity contribution in [3.05, 3.63) is 54.4 Å². The van der Waals surface area contributed by atoms with Crippen LogP contribution >= 0.6 is 24.0 Å². The van der Waals surface area contributed by atoms with Crippen molar-refractivity contribution in [3.8, 4) is 0 Å². The van der Waals surface area contributed by atoms with E-state index < -0.39 is 0 Å². The molecule has 7 heteroatoms. The predicted octanol–water partition coefficient (Wildman–Crippen LogP) is 3.11. The summed E-state index contributed by atoms with van der Waals surface area (Å²) in [7, 11) is 0. The van der Waals surface area contributed by atoms with Crippen LogP contribution < -0.4 is 10.6 Å². The Balaban J connectivity index is 0.00000280. The number of hydrogen-bond acceptors (Lipinski definition) is 3. The molecule has 2 N–H and O–H groups in total. The molecule has 0 radical (unpaired) electrons. The number of benzene rings is 1. The van der Waals surface area contributed by atoms with Crippen LogP contribution in [0.15, 0.2) is 53.8 Å². The zero-order valence-corrected chi connectivity index (χ0v) is 19.3. The molecule has 2 unspecified atom stereocenters. The molecular formula is C21H33IN6. The smallest absolute Gasteiger partial charge is 0.191 e. The van der Waals surface area contributed by atoms with E-state index in [0.717, 1.165) is 51.5 Å². The summed E-state index contributed by atoms with van der Waals surface area (Å²) >= 11 is 0. The summed E-state index contributed by atoms with van der Waals surface area (Å²) in [5, 5.41) is 11.2. The van der Waals surface area contributed by atoms with Crippen LogP contribution in [0.5, 0.6) is 0 Å². The SMILES string of the molecule is CCNC(=NCCCn1cccn1)NC1CC(C)N(Cc2ccccc2)C1.I. The van der Waals surface area contributed by atoms with Crippen LogP contribution in [0.1, 0.15) is 32.3 Å². The first-order valence-corrected chi connectivity index (χ1v) is 10.0. The lowest BCUT2D eigenvalue weighted by Gasteiger charge is -2.21. The number of aliphatic imine (C=N–C) groups is 1. The lowest BCUT2D eigenvalue weighted by Crippen LogP contribution is -2.44. The van der Waals surface area contributed by atoms with Crippen LogP contribution in [-0.2, 0) is 13.1 Å². The minimum absolute atomic E-state index is 0. The number of hydrogen-bond donors (Lipinski definition) is 2. The molecule has 1 fully saturated rings. The van der Waals surface area contributed by atoms with Crippen molar-refractivity contribution >= 4 is 29.9 Å². The van der Waals surface area contributed by atoms with E-state index in [0.29, 0.717) is 12.1 Å². The fourth-order valence-corrected chi connectivity index (χ4v) is 3.61. The van der Waals surface area contributed by atoms with Crippen LogP contribution in [0.2, 0.25) is 0 Å². The minimum atomic E-state index is 0. The van der Waals surface area contributed by atoms with Gasteiger partial charge in [-0.25, -0.2) is 0 Å². The van der Waals surface area contributed by atoms with Gasteiger partial charge in [-0.1, -0.05) is 30.3 Å². The minimum Gasteiger partial charge on any atom is -0.357 e. The summed E-state index contributed by atoms with van der Waals surface area (Å²) in [5.74, 6) is 0.928. The highest BCUT2D eigenvalue weighted by Gasteiger charge is 2.29. The van der Waals surface area contributed by atoms with Crippen LogP contribution in [0.4, 0.5) is 0 Å². The Kier molecular flexibility index (Phi) is 9.77. The Labute approximate surface area is 185 Å². The van der Waals surface area contributed by atoms with Crippen molar-refractivity contribution in [2.45, 2.75) is 51.9 Å². The van der Waals surface area contributed by atoms with Gasteiger partial charge in [-0.15, -0.1) is 24.0 Å². The normalized spacial score (nSPS) is 20.0. The molecule has 1 aromatic heterocycles. The molecule has 3 rings (SSSR count). The van der Waals surface area contributed by atoms with Gasteiger partial charge in [0.25, 0.3) is 0 Å². The molecule has 154 valence electrons. The summed E-state index contributed by atoms with van der Waals surface area (Å²) in [6, 6.07) is 13.7. The molecule has 1 aliphatic rings. The maximum Gasteiger partial charge on any atom is 0.191 e. The molecule has 2 aromatic rings. The zero-order chi connectivity index (χ0) is 18.9. The molecule has 0 bridgehead atoms. The molecule has 0 amide bonds. The van der Waals surface area contributed by atoms with Gasteiger partial charge in [0.2, 0.25) is 0 Å². The summed E-state index contributed by atoms with van der Waals surface area (Å²) in [6.45, 7) is 9.07. The number of halogens is 1. The van der Waals surface area contributed by atoms with E-state index >= 15 is 0 Å². The maximum absolute atomic E-state index is 4.75. The average Bonchev–Trinajstić information content (AvgIpc) is 3.30. The summed E-state index contributed by atoms with van der Waals surface area (Å²) in [6.07, 6.45) is 5.94. The maximum atomic E-state index is 4.75. The average molecular weight is 496 g/mol. The second-order valence-electron chi connectivity index (χ2n) is 7.22. The number of likely N-dealkylation sites (tertiary alicyclic amines) is 1. The molecule has 2 heterocycles. The second kappa shape index (κ2) is 12.1. The Morgan fingerprint density at radius 1 is 1.25 bits per heavy atom. The first-order chi connectivity index (χ1) is 13.2. The number of rotatable bonds is 8. The van der Waals surface area contributed by atoms with Crippen LogP contribution in [-0.4, -0.2) is 52.4 Å². The van der Waals surface area contributed by atoms with Gasteiger partial charge in [0, 0.05) is 57.2 Å². The predicted molar refractivity (Wildman–Crippen MR) is 126 cm³/mol. The molecule has 6 nitrogen and oxygen atoms in total. The van der Waals surface area contributed by atoms with Crippen molar-refractivity contribution in [3.63, 3.8) is 0 Å². The van der Waals surface area contributed by atoms with Crippen molar-refractivity contribution in [1.82, 2.24) is 25.3 Å². The van der Waals surface area contributed by atoms with E-state index in [2.05, 4.69) is 64.8 Å². The van der Waals surface area contributed by atoms with E-state index in [1.54, 1.807) is 0 Å². The molecule has 2 atom stereocenters. The zero-order valence-electron chi connectivity index (χ0n) is 16.9. The Bertz CT molecular complexity index is 688. The Hall–Kier alpha value is -1.61. The highest BCUT2D eigenvalue weighted by molar-refractivity contribution is 14.0. The Morgan fingerprint density at radius 2 is 2.07 bits per heavy atom. The summed E-state index contributed by atoms with van der Waals surface area (Å²) in [4.78, 5) is 7.30. The lowest BCUT2D eigenvalue weighted by molar-refractivity contribution is 0.258. The third kappa shape index (κ3) is 7.09. The van der Waals surface area contributed by atoms with Crippen LogP contribution in [0, 0.1) is 0 Å². The first kappa shape index (κ1) is 22.7. The molecule has 1 aliphatic heterocycles. The van der Waals surface area contributed by atoms with E-state index in [4.69, 9.17) is 4.99 Å². The van der Waals surface area contributed by atoms with Gasteiger partial charge in [0.1, 0.15) is 0 Å². The van der Waals surface area contributed by atoms with Crippen molar-refractivity contribution in [1.29, 1.82) is 0 Å². The van der Waals surface area contributed by atoms with Crippen molar-refractivity contribution < 1.29 is 0 Å². The fourth-order valence-electron chi connectivity index (χ4n) is 3.61. The van der Waals surface area contributed by atoms with Gasteiger partial charge in [-0.2, -0.15) is 5.10 Å². The fraction of sp³-hybridized carbons (Fsp3) is 0.524. The van der Waals surface area contributed by atoms with E-state index in [9.17, 15) is 0 Å². The monoisotopic (exact) mass is 496 g/mol. The molecule has 28 heavy (non-hydrogen) atoms. The third-order valence-electron chi connectivity index (χ3n) is 4.99. The van der Waals surface area contributed by atoms with Gasteiger partial charge in [-0.3, -0.25) is 14.6 Å². The van der Waals surface area contributed by atoms with E-state index in [-0.39, 0.29) is 24.0 Å². The summed E-state index contributed by atoms with van der Waals surface area (Å²) < 4.78 is 1.95. The molecule has 0 saturated carbocycles. The van der Waals surface area contributed by atoms with Crippen LogP contribution in [0.3, 0.4) is 0 Å². The van der Waals surface area contributed by atoms with Gasteiger partial charge < -0.3 is 10.6 Å². The van der Waals surface area contributed by atoms with E-state index in [1.165, 1.54) is 5.56 Å². The van der Waals surface area contributed by atoms with Crippen LogP contribution in [0.25, 0.3) is 0 Å². The highest BCUT2D eigenvalue weighted by Crippen LogP contribution is 2.20. The molecule has 1 aromatic carbocycles. The van der Waals surface area contributed by atoms with Gasteiger partial charge >= 0.3 is 0 Å². The summed E-state index contributed by atoms with van der Waals surface area (Å²) in [5.41, 5.74) is 1.38. The number of aryl methyl sites for hydroxylation is 1. The van der Waals surface area contributed by atoms with Crippen molar-refractivity contribution in [2.75, 3.05) is 19.6 Å². The van der Waals surface area contributed by atoms with E-state index in [1.807, 2.05) is 23.1 Å².